The number of para-hydroxylation sites is 1. The summed E-state index contributed by atoms with van der Waals surface area (Å²) in [7, 11) is 1.47. The van der Waals surface area contributed by atoms with Gasteiger partial charge in [0.1, 0.15) is 0 Å². The zero-order chi connectivity index (χ0) is 12.1. The van der Waals surface area contributed by atoms with Crippen LogP contribution in [0.25, 0.3) is 0 Å². The molecule has 2 nitrogen and oxygen atoms in total. The highest BCUT2D eigenvalue weighted by Gasteiger charge is 2.15. The molecule has 0 bridgehead atoms. The average molecular weight is 225 g/mol. The van der Waals surface area contributed by atoms with Gasteiger partial charge in [0.2, 0.25) is 0 Å². The van der Waals surface area contributed by atoms with Gasteiger partial charge in [-0.3, -0.25) is 0 Å². The molecule has 0 saturated carbocycles. The molecule has 0 radical (unpaired) electrons. The first kappa shape index (κ1) is 13.0. The van der Waals surface area contributed by atoms with Gasteiger partial charge in [-0.1, -0.05) is 26.0 Å². The highest BCUT2D eigenvalue weighted by Crippen LogP contribution is 2.29. The van der Waals surface area contributed by atoms with Crippen LogP contribution in [0.2, 0.25) is 0 Å². The van der Waals surface area contributed by atoms with Crippen LogP contribution < -0.4 is 10.5 Å². The van der Waals surface area contributed by atoms with Crippen LogP contribution in [-0.2, 0) is 0 Å². The predicted molar refractivity (Wildman–Crippen MR) is 64.0 cm³/mol. The van der Waals surface area contributed by atoms with Crippen LogP contribution in [0.1, 0.15) is 38.3 Å². The summed E-state index contributed by atoms with van der Waals surface area (Å²) < 4.78 is 18.5. The molecule has 0 spiro atoms. The molecule has 1 aromatic carbocycles. The van der Waals surface area contributed by atoms with E-state index in [1.54, 1.807) is 6.07 Å². The number of nitrogens with two attached hydrogens (primary N) is 1. The third-order valence-electron chi connectivity index (χ3n) is 2.66. The summed E-state index contributed by atoms with van der Waals surface area (Å²) in [5, 5.41) is 0. The summed E-state index contributed by atoms with van der Waals surface area (Å²) in [6.07, 6.45) is 1.87. The Morgan fingerprint density at radius 1 is 1.31 bits per heavy atom. The molecule has 0 aliphatic heterocycles. The van der Waals surface area contributed by atoms with E-state index in [0.29, 0.717) is 5.92 Å². The molecule has 1 rings (SSSR count). The topological polar surface area (TPSA) is 35.2 Å². The lowest BCUT2D eigenvalue weighted by molar-refractivity contribution is 0.374. The minimum atomic E-state index is -0.347. The van der Waals surface area contributed by atoms with Gasteiger partial charge in [0.15, 0.2) is 11.6 Å². The molecule has 1 aromatic rings. The van der Waals surface area contributed by atoms with Crippen LogP contribution >= 0.6 is 0 Å². The molecule has 0 fully saturated rings. The van der Waals surface area contributed by atoms with Gasteiger partial charge in [0, 0.05) is 11.6 Å². The van der Waals surface area contributed by atoms with Crippen LogP contribution in [-0.4, -0.2) is 7.11 Å². The maximum Gasteiger partial charge on any atom is 0.165 e. The van der Waals surface area contributed by atoms with E-state index < -0.39 is 0 Å². The van der Waals surface area contributed by atoms with Gasteiger partial charge in [-0.15, -0.1) is 0 Å². The van der Waals surface area contributed by atoms with Crippen molar-refractivity contribution in [1.82, 2.24) is 0 Å². The quantitative estimate of drug-likeness (QED) is 0.834. The van der Waals surface area contributed by atoms with Gasteiger partial charge in [-0.2, -0.15) is 0 Å². The summed E-state index contributed by atoms with van der Waals surface area (Å²) in [6.45, 7) is 4.30. The Balaban J connectivity index is 2.82. The maximum absolute atomic E-state index is 13.4. The summed E-state index contributed by atoms with van der Waals surface area (Å²) in [5.74, 6) is 0.532. The van der Waals surface area contributed by atoms with Crippen molar-refractivity contribution in [3.63, 3.8) is 0 Å². The molecule has 0 heterocycles. The Morgan fingerprint density at radius 2 is 2.00 bits per heavy atom. The molecule has 0 aromatic heterocycles. The van der Waals surface area contributed by atoms with Crippen molar-refractivity contribution in [2.75, 3.05) is 7.11 Å². The molecule has 1 atom stereocenters. The zero-order valence-corrected chi connectivity index (χ0v) is 10.2. The number of halogens is 1. The fourth-order valence-electron chi connectivity index (χ4n) is 1.70. The van der Waals surface area contributed by atoms with Gasteiger partial charge in [0.25, 0.3) is 0 Å². The number of ether oxygens (including phenoxy) is 1. The lowest BCUT2D eigenvalue weighted by atomic mass is 9.97. The van der Waals surface area contributed by atoms with Crippen molar-refractivity contribution in [2.45, 2.75) is 32.7 Å². The van der Waals surface area contributed by atoms with Gasteiger partial charge < -0.3 is 10.5 Å². The first-order chi connectivity index (χ1) is 7.56. The molecular formula is C13H20FNO. The minimum Gasteiger partial charge on any atom is -0.493 e. The molecule has 90 valence electrons. The Hall–Kier alpha value is -1.09. The van der Waals surface area contributed by atoms with E-state index in [1.807, 2.05) is 6.07 Å². The molecule has 2 N–H and O–H groups in total. The number of hydrogen-bond acceptors (Lipinski definition) is 2. The molecule has 0 aliphatic rings. The molecule has 0 saturated heterocycles. The fourth-order valence-corrected chi connectivity index (χ4v) is 1.70. The molecule has 3 heteroatoms. The number of rotatable bonds is 5. The van der Waals surface area contributed by atoms with Crippen LogP contribution in [0.5, 0.6) is 5.75 Å². The monoisotopic (exact) mass is 225 g/mol. The molecule has 16 heavy (non-hydrogen) atoms. The van der Waals surface area contributed by atoms with Crippen molar-refractivity contribution < 1.29 is 9.13 Å². The van der Waals surface area contributed by atoms with Gasteiger partial charge in [-0.25, -0.2) is 4.39 Å². The molecular weight excluding hydrogens is 205 g/mol. The highest BCUT2D eigenvalue weighted by atomic mass is 19.1. The second-order valence-corrected chi connectivity index (χ2v) is 4.44. The second-order valence-electron chi connectivity index (χ2n) is 4.44. The lowest BCUT2D eigenvalue weighted by Gasteiger charge is -2.16. The standard InChI is InChI=1S/C13H20FNO/c1-9(2)7-8-12(15)10-5-4-6-11(14)13(10)16-3/h4-6,9,12H,7-8,15H2,1-3H3/t12-/m0/s1. The third-order valence-corrected chi connectivity index (χ3v) is 2.66. The van der Waals surface area contributed by atoms with Crippen LogP contribution in [0.3, 0.4) is 0 Å². The molecule has 0 aliphatic carbocycles. The zero-order valence-electron chi connectivity index (χ0n) is 10.2. The normalized spacial score (nSPS) is 12.9. The number of methoxy groups -OCH3 is 1. The lowest BCUT2D eigenvalue weighted by Crippen LogP contribution is -2.13. The number of benzene rings is 1. The third kappa shape index (κ3) is 3.20. The number of hydrogen-bond donors (Lipinski definition) is 1. The van der Waals surface area contributed by atoms with E-state index in [0.717, 1.165) is 18.4 Å². The Labute approximate surface area is 96.6 Å². The summed E-state index contributed by atoms with van der Waals surface area (Å²) in [6, 6.07) is 4.72. The van der Waals surface area contributed by atoms with Crippen molar-refractivity contribution >= 4 is 0 Å². The van der Waals surface area contributed by atoms with E-state index in [2.05, 4.69) is 13.8 Å². The Bertz CT molecular complexity index is 339. The van der Waals surface area contributed by atoms with Crippen molar-refractivity contribution in [3.8, 4) is 5.75 Å². The van der Waals surface area contributed by atoms with E-state index in [-0.39, 0.29) is 17.6 Å². The van der Waals surface area contributed by atoms with Crippen molar-refractivity contribution in [3.05, 3.63) is 29.6 Å². The Morgan fingerprint density at radius 3 is 2.56 bits per heavy atom. The van der Waals surface area contributed by atoms with Crippen molar-refractivity contribution in [2.24, 2.45) is 11.7 Å². The first-order valence-electron chi connectivity index (χ1n) is 5.64. The summed E-state index contributed by atoms with van der Waals surface area (Å²) >= 11 is 0. The fraction of sp³-hybridized carbons (Fsp3) is 0.538. The largest absolute Gasteiger partial charge is 0.493 e. The predicted octanol–water partition coefficient (Wildman–Crippen LogP) is 3.27. The van der Waals surface area contributed by atoms with Crippen LogP contribution in [0, 0.1) is 11.7 Å². The van der Waals surface area contributed by atoms with E-state index in [4.69, 9.17) is 10.5 Å². The SMILES string of the molecule is COc1c(F)cccc1[C@@H](N)CCC(C)C. The van der Waals surface area contributed by atoms with E-state index in [1.165, 1.54) is 13.2 Å². The van der Waals surface area contributed by atoms with E-state index in [9.17, 15) is 4.39 Å². The van der Waals surface area contributed by atoms with Gasteiger partial charge in [-0.05, 0) is 24.8 Å². The summed E-state index contributed by atoms with van der Waals surface area (Å²) in [4.78, 5) is 0. The second kappa shape index (κ2) is 5.85. The summed E-state index contributed by atoms with van der Waals surface area (Å²) in [5.41, 5.74) is 6.79. The minimum absolute atomic E-state index is 0.159. The van der Waals surface area contributed by atoms with Gasteiger partial charge in [0.05, 0.1) is 7.11 Å². The van der Waals surface area contributed by atoms with Crippen molar-refractivity contribution in [1.29, 1.82) is 0 Å². The average Bonchev–Trinajstić information content (AvgIpc) is 2.25. The smallest absolute Gasteiger partial charge is 0.165 e. The highest BCUT2D eigenvalue weighted by molar-refractivity contribution is 5.37. The van der Waals surface area contributed by atoms with Crippen LogP contribution in [0.4, 0.5) is 4.39 Å². The van der Waals surface area contributed by atoms with Crippen LogP contribution in [0.15, 0.2) is 18.2 Å². The molecule has 0 amide bonds. The van der Waals surface area contributed by atoms with Gasteiger partial charge >= 0.3 is 0 Å². The Kier molecular flexibility index (Phi) is 4.74. The maximum atomic E-state index is 13.4. The molecule has 0 unspecified atom stereocenters. The first-order valence-corrected chi connectivity index (χ1v) is 5.64. The van der Waals surface area contributed by atoms with E-state index >= 15 is 0 Å².